The summed E-state index contributed by atoms with van der Waals surface area (Å²) in [6.07, 6.45) is -4.54. The molecule has 0 aliphatic carbocycles. The normalized spacial score (nSPS) is 14.9. The molecule has 0 fully saturated rings. The summed E-state index contributed by atoms with van der Waals surface area (Å²) in [5.74, 6) is -2.82. The Morgan fingerprint density at radius 2 is 2.11 bits per heavy atom. The van der Waals surface area contributed by atoms with Crippen LogP contribution in [-0.2, 0) is 4.74 Å². The van der Waals surface area contributed by atoms with Crippen molar-refractivity contribution in [1.29, 1.82) is 0 Å². The number of amidine groups is 1. The third-order valence-electron chi connectivity index (χ3n) is 2.56. The van der Waals surface area contributed by atoms with Crippen molar-refractivity contribution < 1.29 is 23.1 Å². The van der Waals surface area contributed by atoms with E-state index in [0.717, 1.165) is 0 Å². The Labute approximate surface area is 110 Å². The molecule has 0 saturated heterocycles. The lowest BCUT2D eigenvalue weighted by atomic mass is 10.1. The maximum Gasteiger partial charge on any atom is 0.400 e. The van der Waals surface area contributed by atoms with Gasteiger partial charge in [-0.2, -0.15) is 13.2 Å². The van der Waals surface area contributed by atoms with Crippen molar-refractivity contribution in [2.75, 3.05) is 46.9 Å². The predicted molar refractivity (Wildman–Crippen MR) is 65.2 cm³/mol. The summed E-state index contributed by atoms with van der Waals surface area (Å²) in [7, 11) is 3.42. The number of likely N-dealkylation sites (N-methyl/N-ethyl adjacent to an activating group) is 1. The zero-order chi connectivity index (χ0) is 14.9. The van der Waals surface area contributed by atoms with E-state index in [1.165, 1.54) is 0 Å². The fourth-order valence-corrected chi connectivity index (χ4v) is 1.33. The highest BCUT2D eigenvalue weighted by atomic mass is 19.4. The minimum atomic E-state index is -4.54. The molecule has 0 aromatic rings. The molecule has 9 heteroatoms. The smallest absolute Gasteiger partial charge is 0.400 e. The minimum absolute atomic E-state index is 0.367. The lowest BCUT2D eigenvalue weighted by Crippen LogP contribution is -2.44. The summed E-state index contributed by atoms with van der Waals surface area (Å²) in [4.78, 5) is 1.92. The number of oxime groups is 1. The number of nitrogens with one attached hydrogen (secondary N) is 1. The number of halogens is 3. The molecule has 0 saturated carbocycles. The highest BCUT2D eigenvalue weighted by molar-refractivity contribution is 5.83. The molecule has 1 unspecified atom stereocenters. The van der Waals surface area contributed by atoms with Gasteiger partial charge in [-0.05, 0) is 7.05 Å². The van der Waals surface area contributed by atoms with E-state index in [1.54, 1.807) is 7.11 Å². The molecule has 0 aliphatic rings. The number of hydrogen-bond acceptors (Lipinski definition) is 5. The second-order valence-electron chi connectivity index (χ2n) is 4.12. The first kappa shape index (κ1) is 17.9. The van der Waals surface area contributed by atoms with Gasteiger partial charge in [0.05, 0.1) is 6.61 Å². The van der Waals surface area contributed by atoms with Crippen LogP contribution < -0.4 is 11.1 Å². The summed E-state index contributed by atoms with van der Waals surface area (Å²) >= 11 is 0. The Morgan fingerprint density at radius 1 is 1.47 bits per heavy atom. The fourth-order valence-electron chi connectivity index (χ4n) is 1.33. The SMILES string of the molecule is COCCN(C)CCNCC(C(N)=NO)C(F)(F)F. The molecule has 0 aromatic heterocycles. The third-order valence-corrected chi connectivity index (χ3v) is 2.56. The van der Waals surface area contributed by atoms with Crippen LogP contribution in [-0.4, -0.2) is 69.1 Å². The van der Waals surface area contributed by atoms with Crippen LogP contribution in [0.15, 0.2) is 5.16 Å². The van der Waals surface area contributed by atoms with Gasteiger partial charge >= 0.3 is 6.18 Å². The fraction of sp³-hybridized carbons (Fsp3) is 0.900. The average molecular weight is 286 g/mol. The number of methoxy groups -OCH3 is 1. The van der Waals surface area contributed by atoms with E-state index < -0.39 is 24.5 Å². The van der Waals surface area contributed by atoms with Gasteiger partial charge in [0.1, 0.15) is 5.92 Å². The first-order chi connectivity index (χ1) is 8.82. The molecule has 0 heterocycles. The van der Waals surface area contributed by atoms with Crippen LogP contribution >= 0.6 is 0 Å². The van der Waals surface area contributed by atoms with Crippen LogP contribution in [0.5, 0.6) is 0 Å². The molecule has 0 aliphatic heterocycles. The molecule has 4 N–H and O–H groups in total. The van der Waals surface area contributed by atoms with E-state index in [2.05, 4.69) is 10.5 Å². The quantitative estimate of drug-likeness (QED) is 0.184. The number of ether oxygens (including phenoxy) is 1. The van der Waals surface area contributed by atoms with Gasteiger partial charge in [-0.3, -0.25) is 0 Å². The van der Waals surface area contributed by atoms with Crippen molar-refractivity contribution in [3.05, 3.63) is 0 Å². The monoisotopic (exact) mass is 286 g/mol. The highest BCUT2D eigenvalue weighted by Gasteiger charge is 2.42. The summed E-state index contributed by atoms with van der Waals surface area (Å²) < 4.78 is 42.6. The van der Waals surface area contributed by atoms with Crippen LogP contribution in [0.2, 0.25) is 0 Å². The van der Waals surface area contributed by atoms with Crippen molar-refractivity contribution in [3.63, 3.8) is 0 Å². The molecule has 114 valence electrons. The summed E-state index contributed by atoms with van der Waals surface area (Å²) in [5.41, 5.74) is 5.02. The van der Waals surface area contributed by atoms with Gasteiger partial charge in [0.25, 0.3) is 0 Å². The van der Waals surface area contributed by atoms with Crippen molar-refractivity contribution in [3.8, 4) is 0 Å². The Bertz CT molecular complexity index is 274. The number of rotatable bonds is 9. The topological polar surface area (TPSA) is 83.1 Å². The van der Waals surface area contributed by atoms with Crippen LogP contribution in [0.25, 0.3) is 0 Å². The standard InChI is InChI=1S/C10H21F3N4O2/c1-17(5-6-19-2)4-3-15-7-8(9(14)16-18)10(11,12)13/h8,15,18H,3-7H2,1-2H3,(H2,14,16). The van der Waals surface area contributed by atoms with E-state index in [0.29, 0.717) is 26.2 Å². The lowest BCUT2D eigenvalue weighted by Gasteiger charge is -2.21. The van der Waals surface area contributed by atoms with E-state index in [-0.39, 0.29) is 0 Å². The molecule has 0 aromatic carbocycles. The molecule has 19 heavy (non-hydrogen) atoms. The van der Waals surface area contributed by atoms with Crippen LogP contribution in [0.4, 0.5) is 13.2 Å². The van der Waals surface area contributed by atoms with Gasteiger partial charge in [0.2, 0.25) is 0 Å². The minimum Gasteiger partial charge on any atom is -0.409 e. The molecule has 1 atom stereocenters. The zero-order valence-corrected chi connectivity index (χ0v) is 11.1. The molecular weight excluding hydrogens is 265 g/mol. The van der Waals surface area contributed by atoms with Crippen LogP contribution in [0.3, 0.4) is 0 Å². The first-order valence-electron chi connectivity index (χ1n) is 5.75. The van der Waals surface area contributed by atoms with Gasteiger partial charge in [-0.1, -0.05) is 5.16 Å². The maximum absolute atomic E-state index is 12.6. The van der Waals surface area contributed by atoms with Gasteiger partial charge in [-0.15, -0.1) is 0 Å². The Balaban J connectivity index is 4.01. The molecular formula is C10H21F3N4O2. The molecule has 6 nitrogen and oxygen atoms in total. The van der Waals surface area contributed by atoms with E-state index in [9.17, 15) is 13.2 Å². The van der Waals surface area contributed by atoms with Gasteiger partial charge in [0, 0.05) is 33.3 Å². The van der Waals surface area contributed by atoms with E-state index in [1.807, 2.05) is 11.9 Å². The molecule has 0 spiro atoms. The largest absolute Gasteiger partial charge is 0.409 e. The van der Waals surface area contributed by atoms with Crippen molar-refractivity contribution in [2.45, 2.75) is 6.18 Å². The molecule has 0 rings (SSSR count). The average Bonchev–Trinajstić information content (AvgIpc) is 2.33. The van der Waals surface area contributed by atoms with Gasteiger partial charge < -0.3 is 25.9 Å². The van der Waals surface area contributed by atoms with E-state index >= 15 is 0 Å². The summed E-state index contributed by atoms with van der Waals surface area (Å²) in [6.45, 7) is 1.78. The van der Waals surface area contributed by atoms with Crippen molar-refractivity contribution in [1.82, 2.24) is 10.2 Å². The van der Waals surface area contributed by atoms with Gasteiger partial charge in [-0.25, -0.2) is 0 Å². The number of hydrogen-bond donors (Lipinski definition) is 3. The summed E-state index contributed by atoms with van der Waals surface area (Å²) in [5, 5.41) is 13.4. The van der Waals surface area contributed by atoms with Crippen molar-refractivity contribution in [2.24, 2.45) is 16.8 Å². The third kappa shape index (κ3) is 7.85. The second-order valence-corrected chi connectivity index (χ2v) is 4.12. The molecule has 0 amide bonds. The van der Waals surface area contributed by atoms with Crippen LogP contribution in [0, 0.1) is 5.92 Å². The predicted octanol–water partition coefficient (Wildman–Crippen LogP) is 0.0791. The Hall–Kier alpha value is -1.06. The first-order valence-corrected chi connectivity index (χ1v) is 5.75. The number of alkyl halides is 3. The van der Waals surface area contributed by atoms with E-state index in [4.69, 9.17) is 15.7 Å². The van der Waals surface area contributed by atoms with Crippen molar-refractivity contribution >= 4 is 5.84 Å². The molecule has 0 radical (unpaired) electrons. The highest BCUT2D eigenvalue weighted by Crippen LogP contribution is 2.25. The number of nitrogens with zero attached hydrogens (tertiary/aromatic N) is 2. The zero-order valence-electron chi connectivity index (χ0n) is 11.1. The van der Waals surface area contributed by atoms with Gasteiger partial charge in [0.15, 0.2) is 5.84 Å². The molecule has 0 bridgehead atoms. The summed E-state index contributed by atoms with van der Waals surface area (Å²) in [6, 6.07) is 0. The maximum atomic E-state index is 12.6. The second kappa shape index (κ2) is 8.94. The Kier molecular flexibility index (Phi) is 8.44. The number of nitrogens with two attached hydrogens (primary N) is 1. The van der Waals surface area contributed by atoms with Crippen LogP contribution in [0.1, 0.15) is 0 Å². The lowest BCUT2D eigenvalue weighted by molar-refractivity contribution is -0.154. The Morgan fingerprint density at radius 3 is 2.58 bits per heavy atom.